The highest BCUT2D eigenvalue weighted by Gasteiger charge is 2.14. The van der Waals surface area contributed by atoms with Crippen molar-refractivity contribution in [2.45, 2.75) is 12.5 Å². The van der Waals surface area contributed by atoms with Gasteiger partial charge < -0.3 is 5.11 Å². The fourth-order valence-electron chi connectivity index (χ4n) is 1.78. The molecule has 1 N–H and O–H groups in total. The number of benzene rings is 2. The molecule has 1 nitrogen and oxygen atoms in total. The van der Waals surface area contributed by atoms with Crippen LogP contribution in [0, 0.1) is 5.82 Å². The van der Waals surface area contributed by atoms with Gasteiger partial charge >= 0.3 is 0 Å². The molecule has 2 aromatic rings. The summed E-state index contributed by atoms with van der Waals surface area (Å²) >= 11 is 12.4. The molecule has 100 valence electrons. The van der Waals surface area contributed by atoms with Gasteiger partial charge in [0, 0.05) is 20.4 Å². The molecule has 5 heteroatoms. The van der Waals surface area contributed by atoms with Crippen molar-refractivity contribution in [1.29, 1.82) is 0 Å². The Balaban J connectivity index is 2.23. The fraction of sp³-hybridized carbons (Fsp3) is 0.143. The van der Waals surface area contributed by atoms with Crippen molar-refractivity contribution in [1.82, 2.24) is 0 Å². The van der Waals surface area contributed by atoms with Crippen LogP contribution in [0.5, 0.6) is 0 Å². The first-order valence-corrected chi connectivity index (χ1v) is 7.50. The summed E-state index contributed by atoms with van der Waals surface area (Å²) in [5.74, 6) is -0.403. The van der Waals surface area contributed by atoms with Gasteiger partial charge in [-0.2, -0.15) is 0 Å². The van der Waals surface area contributed by atoms with Crippen molar-refractivity contribution in [2.75, 3.05) is 0 Å². The standard InChI is InChI=1S/C14H10Br2ClFO/c15-9-2-4-11(12(16)6-9)14(19)5-8-1-3-10(17)7-13(8)18/h1-4,6-7,14,19H,5H2. The van der Waals surface area contributed by atoms with Crippen molar-refractivity contribution < 1.29 is 9.50 Å². The summed E-state index contributed by atoms with van der Waals surface area (Å²) in [6, 6.07) is 9.93. The molecule has 0 heterocycles. The van der Waals surface area contributed by atoms with Crippen LogP contribution in [-0.2, 0) is 6.42 Å². The summed E-state index contributed by atoms with van der Waals surface area (Å²) in [5, 5.41) is 10.5. The smallest absolute Gasteiger partial charge is 0.127 e. The first-order chi connectivity index (χ1) is 8.97. The van der Waals surface area contributed by atoms with E-state index in [0.29, 0.717) is 10.6 Å². The molecule has 0 fully saturated rings. The van der Waals surface area contributed by atoms with Crippen LogP contribution in [0.3, 0.4) is 0 Å². The fourth-order valence-corrected chi connectivity index (χ4v) is 3.25. The lowest BCUT2D eigenvalue weighted by molar-refractivity contribution is 0.176. The molecule has 0 saturated carbocycles. The highest BCUT2D eigenvalue weighted by molar-refractivity contribution is 9.11. The van der Waals surface area contributed by atoms with Crippen LogP contribution in [0.4, 0.5) is 4.39 Å². The van der Waals surface area contributed by atoms with E-state index in [1.165, 1.54) is 6.07 Å². The molecule has 0 aliphatic carbocycles. The second-order valence-electron chi connectivity index (χ2n) is 4.12. The van der Waals surface area contributed by atoms with E-state index >= 15 is 0 Å². The van der Waals surface area contributed by atoms with E-state index in [1.807, 2.05) is 12.1 Å². The first-order valence-electron chi connectivity index (χ1n) is 5.54. The van der Waals surface area contributed by atoms with Crippen LogP contribution in [0.25, 0.3) is 0 Å². The molecule has 0 amide bonds. The Labute approximate surface area is 132 Å². The molecule has 0 aromatic heterocycles. The normalized spacial score (nSPS) is 12.5. The van der Waals surface area contributed by atoms with Crippen LogP contribution in [0.15, 0.2) is 45.3 Å². The van der Waals surface area contributed by atoms with Crippen LogP contribution in [0.1, 0.15) is 17.2 Å². The lowest BCUT2D eigenvalue weighted by atomic mass is 10.0. The van der Waals surface area contributed by atoms with Gasteiger partial charge in [-0.15, -0.1) is 0 Å². The van der Waals surface area contributed by atoms with E-state index in [0.717, 1.165) is 14.5 Å². The Bertz CT molecular complexity index is 604. The van der Waals surface area contributed by atoms with Gasteiger partial charge in [0.15, 0.2) is 0 Å². The van der Waals surface area contributed by atoms with Crippen molar-refractivity contribution in [3.8, 4) is 0 Å². The van der Waals surface area contributed by atoms with Gasteiger partial charge in [-0.3, -0.25) is 0 Å². The molecule has 0 saturated heterocycles. The third-order valence-corrected chi connectivity index (χ3v) is 4.16. The van der Waals surface area contributed by atoms with Crippen molar-refractivity contribution in [2.24, 2.45) is 0 Å². The van der Waals surface area contributed by atoms with Gasteiger partial charge in [-0.05, 0) is 35.4 Å². The molecule has 1 atom stereocenters. The zero-order valence-corrected chi connectivity index (χ0v) is 13.6. The van der Waals surface area contributed by atoms with Crippen LogP contribution < -0.4 is 0 Å². The topological polar surface area (TPSA) is 20.2 Å². The van der Waals surface area contributed by atoms with Gasteiger partial charge in [0.05, 0.1) is 6.10 Å². The van der Waals surface area contributed by atoms with Gasteiger partial charge in [0.25, 0.3) is 0 Å². The number of rotatable bonds is 3. The third kappa shape index (κ3) is 3.78. The summed E-state index contributed by atoms with van der Waals surface area (Å²) in [4.78, 5) is 0. The highest BCUT2D eigenvalue weighted by atomic mass is 79.9. The van der Waals surface area contributed by atoms with E-state index in [2.05, 4.69) is 31.9 Å². The first kappa shape index (κ1) is 15.0. The van der Waals surface area contributed by atoms with E-state index < -0.39 is 11.9 Å². The maximum atomic E-state index is 13.7. The van der Waals surface area contributed by atoms with Crippen molar-refractivity contribution in [3.63, 3.8) is 0 Å². The Hall–Kier alpha value is -0.420. The number of hydrogen-bond donors (Lipinski definition) is 1. The minimum Gasteiger partial charge on any atom is -0.388 e. The molecule has 0 radical (unpaired) electrons. The minimum absolute atomic E-state index is 0.198. The molecule has 2 aromatic carbocycles. The number of hydrogen-bond acceptors (Lipinski definition) is 1. The lowest BCUT2D eigenvalue weighted by Crippen LogP contribution is -2.04. The Morgan fingerprint density at radius 2 is 1.89 bits per heavy atom. The molecule has 19 heavy (non-hydrogen) atoms. The minimum atomic E-state index is -0.779. The largest absolute Gasteiger partial charge is 0.388 e. The van der Waals surface area contributed by atoms with E-state index in [1.54, 1.807) is 18.2 Å². The summed E-state index contributed by atoms with van der Waals surface area (Å²) in [7, 11) is 0. The van der Waals surface area contributed by atoms with Crippen LogP contribution >= 0.6 is 43.5 Å². The molecule has 0 aliphatic heterocycles. The summed E-state index contributed by atoms with van der Waals surface area (Å²) in [5.41, 5.74) is 1.16. The van der Waals surface area contributed by atoms with Gasteiger partial charge in [-0.1, -0.05) is 55.6 Å². The third-order valence-electron chi connectivity index (χ3n) is 2.75. The molecule has 1 unspecified atom stereocenters. The van der Waals surface area contributed by atoms with Crippen LogP contribution in [-0.4, -0.2) is 5.11 Å². The molecule has 0 bridgehead atoms. The summed E-state index contributed by atoms with van der Waals surface area (Å²) in [6.45, 7) is 0. The predicted molar refractivity (Wildman–Crippen MR) is 81.9 cm³/mol. The van der Waals surface area contributed by atoms with Gasteiger partial charge in [0.2, 0.25) is 0 Å². The second kappa shape index (κ2) is 6.35. The average molecular weight is 408 g/mol. The zero-order valence-electron chi connectivity index (χ0n) is 9.71. The predicted octanol–water partition coefficient (Wildman–Crippen LogP) is 5.28. The number of halogens is 4. The van der Waals surface area contributed by atoms with E-state index in [9.17, 15) is 9.50 Å². The SMILES string of the molecule is OC(Cc1ccc(Cl)cc1F)c1ccc(Br)cc1Br. The highest BCUT2D eigenvalue weighted by Crippen LogP contribution is 2.29. The van der Waals surface area contributed by atoms with Crippen molar-refractivity contribution in [3.05, 3.63) is 67.3 Å². The monoisotopic (exact) mass is 406 g/mol. The second-order valence-corrected chi connectivity index (χ2v) is 6.33. The Kier molecular flexibility index (Phi) is 5.01. The van der Waals surface area contributed by atoms with Crippen molar-refractivity contribution >= 4 is 43.5 Å². The Morgan fingerprint density at radius 3 is 2.53 bits per heavy atom. The summed E-state index contributed by atoms with van der Waals surface area (Å²) in [6.07, 6.45) is -0.582. The Morgan fingerprint density at radius 1 is 1.16 bits per heavy atom. The maximum absolute atomic E-state index is 13.7. The molecular weight excluding hydrogens is 398 g/mol. The average Bonchev–Trinajstić information content (AvgIpc) is 2.32. The van der Waals surface area contributed by atoms with Gasteiger partial charge in [-0.25, -0.2) is 4.39 Å². The van der Waals surface area contributed by atoms with E-state index in [-0.39, 0.29) is 6.42 Å². The molecule has 2 rings (SSSR count). The van der Waals surface area contributed by atoms with Gasteiger partial charge in [0.1, 0.15) is 5.82 Å². The van der Waals surface area contributed by atoms with Crippen LogP contribution in [0.2, 0.25) is 5.02 Å². The van der Waals surface area contributed by atoms with E-state index in [4.69, 9.17) is 11.6 Å². The summed E-state index contributed by atoms with van der Waals surface area (Å²) < 4.78 is 15.4. The molecular formula is C14H10Br2ClFO. The molecule has 0 aliphatic rings. The maximum Gasteiger partial charge on any atom is 0.127 e. The number of aliphatic hydroxyl groups is 1. The quantitative estimate of drug-likeness (QED) is 0.733. The number of aliphatic hydroxyl groups excluding tert-OH is 1. The lowest BCUT2D eigenvalue weighted by Gasteiger charge is -2.14. The molecule has 0 spiro atoms. The zero-order chi connectivity index (χ0) is 14.0.